The van der Waals surface area contributed by atoms with Crippen LogP contribution in [0.25, 0.3) is 0 Å². The minimum atomic E-state index is 0.276. The fraction of sp³-hybridized carbons (Fsp3) is 0.778. The lowest BCUT2D eigenvalue weighted by Gasteiger charge is -2.37. The summed E-state index contributed by atoms with van der Waals surface area (Å²) in [6.45, 7) is 6.17. The summed E-state index contributed by atoms with van der Waals surface area (Å²) in [6.07, 6.45) is 3.02. The van der Waals surface area contributed by atoms with E-state index in [1.165, 1.54) is 12.0 Å². The van der Waals surface area contributed by atoms with Crippen LogP contribution in [0.2, 0.25) is 0 Å². The molecule has 3 atom stereocenters. The summed E-state index contributed by atoms with van der Waals surface area (Å²) in [5, 5.41) is 0. The average molecular weight is 153 g/mol. The summed E-state index contributed by atoms with van der Waals surface area (Å²) in [5.74, 6) is 0. The van der Waals surface area contributed by atoms with Gasteiger partial charge in [-0.05, 0) is 32.4 Å². The molecule has 0 aromatic heterocycles. The van der Waals surface area contributed by atoms with Crippen LogP contribution >= 0.6 is 0 Å². The fourth-order valence-corrected chi connectivity index (χ4v) is 2.10. The second-order valence-electron chi connectivity index (χ2n) is 3.56. The normalized spacial score (nSPS) is 44.9. The van der Waals surface area contributed by atoms with Gasteiger partial charge in [0, 0.05) is 6.04 Å². The molecule has 62 valence electrons. The fourth-order valence-electron chi connectivity index (χ4n) is 2.10. The van der Waals surface area contributed by atoms with Crippen LogP contribution in [0.5, 0.6) is 0 Å². The van der Waals surface area contributed by atoms with E-state index >= 15 is 0 Å². The van der Waals surface area contributed by atoms with Gasteiger partial charge in [-0.15, -0.1) is 0 Å². The largest absolute Gasteiger partial charge is 0.356 e. The zero-order valence-electron chi connectivity index (χ0n) is 7.21. The van der Waals surface area contributed by atoms with Gasteiger partial charge in [0.25, 0.3) is 0 Å². The molecule has 2 nitrogen and oxygen atoms in total. The molecule has 2 fully saturated rings. The number of likely N-dealkylation sites (N-methyl/N-ethyl adjacent to an activating group) is 1. The Morgan fingerprint density at radius 3 is 3.00 bits per heavy atom. The van der Waals surface area contributed by atoms with Crippen LogP contribution in [0.15, 0.2) is 12.2 Å². The third-order valence-corrected chi connectivity index (χ3v) is 2.97. The molecule has 0 radical (unpaired) electrons. The molecule has 2 heteroatoms. The molecule has 0 aromatic carbocycles. The highest BCUT2D eigenvalue weighted by molar-refractivity contribution is 5.19. The molecular weight excluding hydrogens is 138 g/mol. The van der Waals surface area contributed by atoms with Crippen molar-refractivity contribution in [3.8, 4) is 0 Å². The van der Waals surface area contributed by atoms with Crippen LogP contribution in [0.4, 0.5) is 0 Å². The molecule has 0 spiro atoms. The Balaban J connectivity index is 2.22. The smallest absolute Gasteiger partial charge is 0.108 e. The van der Waals surface area contributed by atoms with Crippen LogP contribution in [0.1, 0.15) is 19.8 Å². The van der Waals surface area contributed by atoms with Crippen molar-refractivity contribution in [3.05, 3.63) is 12.2 Å². The van der Waals surface area contributed by atoms with Gasteiger partial charge < -0.3 is 4.74 Å². The molecule has 1 saturated heterocycles. The van der Waals surface area contributed by atoms with Crippen molar-refractivity contribution in [2.75, 3.05) is 7.05 Å². The van der Waals surface area contributed by atoms with Gasteiger partial charge in [-0.2, -0.15) is 0 Å². The van der Waals surface area contributed by atoms with Crippen molar-refractivity contribution in [1.82, 2.24) is 4.90 Å². The average Bonchev–Trinajstić information content (AvgIpc) is 2.23. The zero-order valence-corrected chi connectivity index (χ0v) is 7.21. The molecule has 1 saturated carbocycles. The van der Waals surface area contributed by atoms with E-state index in [0.29, 0.717) is 12.1 Å². The number of nitrogens with zero attached hydrogens (tertiary/aromatic N) is 1. The van der Waals surface area contributed by atoms with Crippen LogP contribution in [0.3, 0.4) is 0 Å². The van der Waals surface area contributed by atoms with Gasteiger partial charge in [0.15, 0.2) is 0 Å². The van der Waals surface area contributed by atoms with Crippen molar-refractivity contribution in [1.29, 1.82) is 0 Å². The first-order valence-corrected chi connectivity index (χ1v) is 4.26. The molecule has 0 aromatic rings. The first-order chi connectivity index (χ1) is 5.20. The monoisotopic (exact) mass is 153 g/mol. The number of hydrogen-bond donors (Lipinski definition) is 0. The Bertz CT molecular complexity index is 190. The Labute approximate surface area is 67.8 Å². The topological polar surface area (TPSA) is 12.5 Å². The summed E-state index contributed by atoms with van der Waals surface area (Å²) in [6, 6.07) is 0.587. The van der Waals surface area contributed by atoms with E-state index in [9.17, 15) is 0 Å². The zero-order chi connectivity index (χ0) is 8.01. The molecular formula is C9H15NO. The van der Waals surface area contributed by atoms with Gasteiger partial charge in [-0.1, -0.05) is 6.58 Å². The Kier molecular flexibility index (Phi) is 1.55. The number of fused-ring (bicyclic) bond motifs is 2. The van der Waals surface area contributed by atoms with Gasteiger partial charge >= 0.3 is 0 Å². The second-order valence-corrected chi connectivity index (χ2v) is 3.56. The predicted octanol–water partition coefficient (Wildman–Crippen LogP) is 1.38. The highest BCUT2D eigenvalue weighted by Gasteiger charge is 2.39. The maximum atomic E-state index is 5.73. The Morgan fingerprint density at radius 2 is 2.27 bits per heavy atom. The van der Waals surface area contributed by atoms with E-state index in [1.54, 1.807) is 0 Å². The lowest BCUT2D eigenvalue weighted by atomic mass is 10.1. The molecule has 0 amide bonds. The summed E-state index contributed by atoms with van der Waals surface area (Å²) in [4.78, 5) is 2.27. The Morgan fingerprint density at radius 1 is 1.55 bits per heavy atom. The summed E-state index contributed by atoms with van der Waals surface area (Å²) in [7, 11) is 2.11. The Hall–Kier alpha value is -0.340. The minimum Gasteiger partial charge on any atom is -0.356 e. The molecule has 2 rings (SSSR count). The molecule has 1 unspecified atom stereocenters. The van der Waals surface area contributed by atoms with Crippen LogP contribution in [-0.4, -0.2) is 30.3 Å². The van der Waals surface area contributed by atoms with Crippen molar-refractivity contribution in [2.24, 2.45) is 0 Å². The van der Waals surface area contributed by atoms with E-state index in [0.717, 1.165) is 6.42 Å². The minimum absolute atomic E-state index is 0.276. The van der Waals surface area contributed by atoms with E-state index in [2.05, 4.69) is 25.5 Å². The van der Waals surface area contributed by atoms with Crippen LogP contribution in [0, 0.1) is 0 Å². The van der Waals surface area contributed by atoms with E-state index < -0.39 is 0 Å². The third-order valence-electron chi connectivity index (χ3n) is 2.97. The van der Waals surface area contributed by atoms with Gasteiger partial charge in [-0.3, -0.25) is 4.90 Å². The van der Waals surface area contributed by atoms with Gasteiger partial charge in [0.2, 0.25) is 0 Å². The van der Waals surface area contributed by atoms with Gasteiger partial charge in [0.05, 0.1) is 6.10 Å². The predicted molar refractivity (Wildman–Crippen MR) is 44.3 cm³/mol. The third kappa shape index (κ3) is 0.932. The van der Waals surface area contributed by atoms with Crippen molar-refractivity contribution < 1.29 is 4.74 Å². The van der Waals surface area contributed by atoms with E-state index in [-0.39, 0.29) is 6.23 Å². The molecule has 1 aliphatic heterocycles. The number of rotatable bonds is 0. The number of ether oxygens (including phenoxy) is 1. The standard InChI is InChI=1S/C9H15NO/c1-6-8-4-5-9(6)11-7(2)10(8)3/h7-9H,1,4-5H2,2-3H3/t7?,8-,9+/m0/s1. The molecule has 2 aliphatic rings. The molecule has 11 heavy (non-hydrogen) atoms. The van der Waals surface area contributed by atoms with Crippen molar-refractivity contribution in [2.45, 2.75) is 38.1 Å². The van der Waals surface area contributed by atoms with Crippen LogP contribution < -0.4 is 0 Å². The van der Waals surface area contributed by atoms with E-state index in [4.69, 9.17) is 4.74 Å². The SMILES string of the molecule is C=C1[C@H]2CC[C@@H]1N(C)C(C)O2. The summed E-state index contributed by atoms with van der Waals surface area (Å²) in [5.41, 5.74) is 1.28. The first-order valence-electron chi connectivity index (χ1n) is 4.26. The van der Waals surface area contributed by atoms with Gasteiger partial charge in [-0.25, -0.2) is 0 Å². The molecule has 0 N–H and O–H groups in total. The van der Waals surface area contributed by atoms with Crippen molar-refractivity contribution in [3.63, 3.8) is 0 Å². The lowest BCUT2D eigenvalue weighted by Crippen LogP contribution is -2.45. The second kappa shape index (κ2) is 2.32. The number of hydrogen-bond acceptors (Lipinski definition) is 2. The quantitative estimate of drug-likeness (QED) is 0.487. The summed E-state index contributed by atoms with van der Waals surface area (Å²) < 4.78 is 5.73. The lowest BCUT2D eigenvalue weighted by molar-refractivity contribution is -0.0877. The highest BCUT2D eigenvalue weighted by Crippen LogP contribution is 2.36. The molecule has 2 bridgehead atoms. The first kappa shape index (κ1) is 7.32. The molecule has 1 heterocycles. The van der Waals surface area contributed by atoms with Gasteiger partial charge in [0.1, 0.15) is 6.23 Å². The maximum absolute atomic E-state index is 5.73. The molecule has 1 aliphatic carbocycles. The summed E-state index contributed by atoms with van der Waals surface area (Å²) >= 11 is 0. The van der Waals surface area contributed by atoms with Crippen LogP contribution in [-0.2, 0) is 4.74 Å². The maximum Gasteiger partial charge on any atom is 0.108 e. The van der Waals surface area contributed by atoms with E-state index in [1.807, 2.05) is 0 Å². The highest BCUT2D eigenvalue weighted by atomic mass is 16.5. The van der Waals surface area contributed by atoms with Crippen molar-refractivity contribution >= 4 is 0 Å².